The molecule has 0 fully saturated rings. The molecule has 2 aromatic rings. The molecular formula is C20H26N2O5S2. The molecule has 158 valence electrons. The van der Waals surface area contributed by atoms with Crippen LogP contribution in [0.2, 0.25) is 0 Å². The molecule has 0 aliphatic carbocycles. The van der Waals surface area contributed by atoms with Gasteiger partial charge in [-0.15, -0.1) is 11.3 Å². The summed E-state index contributed by atoms with van der Waals surface area (Å²) in [6.07, 6.45) is 1.72. The average molecular weight is 439 g/mol. The molecule has 0 atom stereocenters. The number of amides is 1. The van der Waals surface area contributed by atoms with Crippen LogP contribution in [0, 0.1) is 12.8 Å². The third-order valence-corrected chi connectivity index (χ3v) is 6.28. The number of esters is 1. The molecule has 7 nitrogen and oxygen atoms in total. The van der Waals surface area contributed by atoms with Gasteiger partial charge >= 0.3 is 5.97 Å². The summed E-state index contributed by atoms with van der Waals surface area (Å²) in [5, 5.41) is 4.86. The number of rotatable bonds is 8. The number of carbonyl (C=O) groups is 2. The van der Waals surface area contributed by atoms with E-state index < -0.39 is 28.4 Å². The smallest absolute Gasteiger partial charge is 0.341 e. The van der Waals surface area contributed by atoms with Crippen LogP contribution in [-0.4, -0.2) is 40.2 Å². The van der Waals surface area contributed by atoms with Crippen molar-refractivity contribution in [3.05, 3.63) is 46.3 Å². The third kappa shape index (κ3) is 5.80. The highest BCUT2D eigenvalue weighted by molar-refractivity contribution is 7.92. The van der Waals surface area contributed by atoms with Crippen LogP contribution in [0.1, 0.15) is 35.3 Å². The first-order chi connectivity index (χ1) is 13.5. The lowest BCUT2D eigenvalue weighted by Crippen LogP contribution is -2.37. The molecule has 1 heterocycles. The van der Waals surface area contributed by atoms with E-state index in [-0.39, 0.29) is 0 Å². The molecule has 2 rings (SSSR count). The minimum absolute atomic E-state index is 0.318. The Balaban J connectivity index is 2.30. The fourth-order valence-electron chi connectivity index (χ4n) is 2.92. The number of hydrogen-bond donors (Lipinski definition) is 1. The Labute approximate surface area is 175 Å². The van der Waals surface area contributed by atoms with Crippen LogP contribution >= 0.6 is 11.3 Å². The van der Waals surface area contributed by atoms with E-state index in [4.69, 9.17) is 4.74 Å². The Morgan fingerprint density at radius 3 is 2.45 bits per heavy atom. The lowest BCUT2D eigenvalue weighted by Gasteiger charge is -2.23. The van der Waals surface area contributed by atoms with Gasteiger partial charge in [0.05, 0.1) is 24.6 Å². The molecule has 1 aromatic heterocycles. The third-order valence-electron chi connectivity index (χ3n) is 4.21. The molecule has 0 saturated heterocycles. The largest absolute Gasteiger partial charge is 0.465 e. The summed E-state index contributed by atoms with van der Waals surface area (Å²) in [6.45, 7) is 5.44. The highest BCUT2D eigenvalue weighted by atomic mass is 32.2. The molecular weight excluding hydrogens is 412 g/mol. The van der Waals surface area contributed by atoms with E-state index in [0.717, 1.165) is 21.7 Å². The summed E-state index contributed by atoms with van der Waals surface area (Å²) in [4.78, 5) is 24.9. The fraction of sp³-hybridized carbons (Fsp3) is 0.400. The van der Waals surface area contributed by atoms with Crippen molar-refractivity contribution in [1.82, 2.24) is 0 Å². The lowest BCUT2D eigenvalue weighted by molar-refractivity contribution is -0.114. The number of benzene rings is 1. The van der Waals surface area contributed by atoms with Gasteiger partial charge in [0.2, 0.25) is 15.9 Å². The quantitative estimate of drug-likeness (QED) is 0.637. The van der Waals surface area contributed by atoms with Crippen molar-refractivity contribution in [3.63, 3.8) is 0 Å². The summed E-state index contributed by atoms with van der Waals surface area (Å²) in [7, 11) is -2.40. The number of hydrogen-bond acceptors (Lipinski definition) is 6. The maximum Gasteiger partial charge on any atom is 0.341 e. The summed E-state index contributed by atoms with van der Waals surface area (Å²) >= 11 is 1.22. The number of para-hydroxylation sites is 1. The number of sulfonamides is 1. The Kier molecular flexibility index (Phi) is 7.43. The minimum Gasteiger partial charge on any atom is -0.465 e. The molecule has 0 saturated carbocycles. The SMILES string of the molecule is COC(=O)c1c(CC(C)C)csc1NC(=O)CN(c1ccccc1C)S(C)(=O)=O. The topological polar surface area (TPSA) is 92.8 Å². The van der Waals surface area contributed by atoms with Crippen molar-refractivity contribution < 1.29 is 22.7 Å². The Hall–Kier alpha value is -2.39. The summed E-state index contributed by atoms with van der Waals surface area (Å²) < 4.78 is 30.5. The number of nitrogens with zero attached hydrogens (tertiary/aromatic N) is 1. The van der Waals surface area contributed by atoms with Crippen LogP contribution < -0.4 is 9.62 Å². The number of aryl methyl sites for hydroxylation is 1. The zero-order valence-corrected chi connectivity index (χ0v) is 18.8. The van der Waals surface area contributed by atoms with E-state index >= 15 is 0 Å². The van der Waals surface area contributed by atoms with E-state index in [2.05, 4.69) is 5.32 Å². The van der Waals surface area contributed by atoms with Crippen LogP contribution in [0.3, 0.4) is 0 Å². The van der Waals surface area contributed by atoms with Gasteiger partial charge < -0.3 is 10.1 Å². The van der Waals surface area contributed by atoms with Gasteiger partial charge in [0.1, 0.15) is 11.5 Å². The molecule has 0 aliphatic heterocycles. The van der Waals surface area contributed by atoms with Gasteiger partial charge in [0.15, 0.2) is 0 Å². The predicted octanol–water partition coefficient (Wildman–Crippen LogP) is 3.45. The van der Waals surface area contributed by atoms with Gasteiger partial charge in [-0.3, -0.25) is 9.10 Å². The maximum atomic E-state index is 12.7. The van der Waals surface area contributed by atoms with Crippen molar-refractivity contribution in [3.8, 4) is 0 Å². The van der Waals surface area contributed by atoms with Crippen LogP contribution in [0.5, 0.6) is 0 Å². The molecule has 1 N–H and O–H groups in total. The number of ether oxygens (including phenoxy) is 1. The zero-order chi connectivity index (χ0) is 21.8. The number of carbonyl (C=O) groups excluding carboxylic acids is 2. The van der Waals surface area contributed by atoms with Gasteiger partial charge in [-0.1, -0.05) is 32.0 Å². The first-order valence-corrected chi connectivity index (χ1v) is 11.8. The number of thiophene rings is 1. The fourth-order valence-corrected chi connectivity index (χ4v) is 4.82. The molecule has 0 spiro atoms. The Bertz CT molecular complexity index is 996. The standard InChI is InChI=1S/C20H26N2O5S2/c1-13(2)10-15-12-28-19(18(15)20(24)27-4)21-17(23)11-22(29(5,25)26)16-9-7-6-8-14(16)3/h6-9,12-13H,10-11H2,1-5H3,(H,21,23). The first kappa shape index (κ1) is 22.9. The molecule has 29 heavy (non-hydrogen) atoms. The highest BCUT2D eigenvalue weighted by Gasteiger charge is 2.25. The lowest BCUT2D eigenvalue weighted by atomic mass is 10.0. The van der Waals surface area contributed by atoms with Crippen LogP contribution in [-0.2, 0) is 26.0 Å². The molecule has 0 radical (unpaired) electrons. The number of methoxy groups -OCH3 is 1. The van der Waals surface area contributed by atoms with E-state index in [1.54, 1.807) is 31.2 Å². The average Bonchev–Trinajstić information content (AvgIpc) is 3.00. The van der Waals surface area contributed by atoms with Gasteiger partial charge in [0.25, 0.3) is 0 Å². The second kappa shape index (κ2) is 9.41. The normalized spacial score (nSPS) is 11.4. The van der Waals surface area contributed by atoms with Gasteiger partial charge in [-0.2, -0.15) is 0 Å². The van der Waals surface area contributed by atoms with E-state index in [1.807, 2.05) is 19.2 Å². The maximum absolute atomic E-state index is 12.7. The van der Waals surface area contributed by atoms with Crippen molar-refractivity contribution in [2.75, 3.05) is 29.5 Å². The van der Waals surface area contributed by atoms with E-state index in [0.29, 0.717) is 28.6 Å². The second-order valence-electron chi connectivity index (χ2n) is 7.16. The predicted molar refractivity (Wildman–Crippen MR) is 116 cm³/mol. The summed E-state index contributed by atoms with van der Waals surface area (Å²) in [6, 6.07) is 6.93. The molecule has 1 aromatic carbocycles. The van der Waals surface area contributed by atoms with Crippen LogP contribution in [0.15, 0.2) is 29.6 Å². The molecule has 9 heteroatoms. The number of nitrogens with one attached hydrogen (secondary N) is 1. The van der Waals surface area contributed by atoms with Crippen LogP contribution in [0.25, 0.3) is 0 Å². The van der Waals surface area contributed by atoms with E-state index in [1.165, 1.54) is 18.4 Å². The van der Waals surface area contributed by atoms with Crippen LogP contribution in [0.4, 0.5) is 10.7 Å². The van der Waals surface area contributed by atoms with Crippen molar-refractivity contribution in [1.29, 1.82) is 0 Å². The second-order valence-corrected chi connectivity index (χ2v) is 9.95. The highest BCUT2D eigenvalue weighted by Crippen LogP contribution is 2.31. The van der Waals surface area contributed by atoms with Gasteiger partial charge in [-0.05, 0) is 41.8 Å². The van der Waals surface area contributed by atoms with Gasteiger partial charge in [-0.25, -0.2) is 13.2 Å². The number of anilines is 2. The zero-order valence-electron chi connectivity index (χ0n) is 17.2. The Morgan fingerprint density at radius 2 is 1.90 bits per heavy atom. The molecule has 0 unspecified atom stereocenters. The summed E-state index contributed by atoms with van der Waals surface area (Å²) in [5.41, 5.74) is 2.29. The van der Waals surface area contributed by atoms with Crippen molar-refractivity contribution in [2.45, 2.75) is 27.2 Å². The molecule has 0 bridgehead atoms. The summed E-state index contributed by atoms with van der Waals surface area (Å²) in [5.74, 6) is -0.754. The van der Waals surface area contributed by atoms with Gasteiger partial charge in [0, 0.05) is 0 Å². The van der Waals surface area contributed by atoms with E-state index in [9.17, 15) is 18.0 Å². The minimum atomic E-state index is -3.69. The Morgan fingerprint density at radius 1 is 1.24 bits per heavy atom. The molecule has 1 amide bonds. The monoisotopic (exact) mass is 438 g/mol. The first-order valence-electron chi connectivity index (χ1n) is 9.06. The van der Waals surface area contributed by atoms with Crippen molar-refractivity contribution >= 4 is 43.9 Å². The van der Waals surface area contributed by atoms with Crippen molar-refractivity contribution in [2.24, 2.45) is 5.92 Å². The molecule has 0 aliphatic rings.